The van der Waals surface area contributed by atoms with E-state index in [4.69, 9.17) is 11.6 Å². The van der Waals surface area contributed by atoms with Crippen molar-refractivity contribution in [3.8, 4) is 0 Å². The molecule has 0 radical (unpaired) electrons. The first-order chi connectivity index (χ1) is 9.53. The molecule has 1 aromatic heterocycles. The molecule has 1 rings (SSSR count). The highest BCUT2D eigenvalue weighted by Crippen LogP contribution is 2.25. The summed E-state index contributed by atoms with van der Waals surface area (Å²) in [6.07, 6.45) is 3.05. The normalized spacial score (nSPS) is 11.5. The highest BCUT2D eigenvalue weighted by molar-refractivity contribution is 6.28. The van der Waals surface area contributed by atoms with Crippen LogP contribution in [0.2, 0.25) is 5.28 Å². The van der Waals surface area contributed by atoms with Gasteiger partial charge in [-0.15, -0.1) is 0 Å². The summed E-state index contributed by atoms with van der Waals surface area (Å²) < 4.78 is 0. The minimum atomic E-state index is 0.0191. The van der Waals surface area contributed by atoms with Crippen LogP contribution >= 0.6 is 11.6 Å². The van der Waals surface area contributed by atoms with Crippen LogP contribution in [0.5, 0.6) is 0 Å². The van der Waals surface area contributed by atoms with Gasteiger partial charge >= 0.3 is 0 Å². The van der Waals surface area contributed by atoms with Gasteiger partial charge in [-0.25, -0.2) is 0 Å². The predicted molar refractivity (Wildman–Crippen MR) is 85.6 cm³/mol. The van der Waals surface area contributed by atoms with Crippen LogP contribution in [0.25, 0.3) is 0 Å². The Morgan fingerprint density at radius 1 is 0.950 bits per heavy atom. The van der Waals surface area contributed by atoms with Crippen molar-refractivity contribution in [3.05, 3.63) is 5.28 Å². The SMILES string of the molecule is CCN(CC)c1nc(Cl)nc(NC(CC)(CC)CC)n1. The van der Waals surface area contributed by atoms with Gasteiger partial charge in [-0.1, -0.05) is 20.8 Å². The fraction of sp³-hybridized carbons (Fsp3) is 0.786. The molecule has 0 atom stereocenters. The van der Waals surface area contributed by atoms with Crippen molar-refractivity contribution in [2.24, 2.45) is 0 Å². The first kappa shape index (κ1) is 17.0. The number of anilines is 2. The molecule has 1 heterocycles. The van der Waals surface area contributed by atoms with Crippen molar-refractivity contribution in [2.45, 2.75) is 59.4 Å². The highest BCUT2D eigenvalue weighted by Gasteiger charge is 2.25. The predicted octanol–water partition coefficient (Wildman–Crippen LogP) is 3.75. The molecule has 1 N–H and O–H groups in total. The molecule has 0 aliphatic heterocycles. The second kappa shape index (κ2) is 7.62. The number of nitrogens with one attached hydrogen (secondary N) is 1. The van der Waals surface area contributed by atoms with Gasteiger partial charge in [0.25, 0.3) is 0 Å². The fourth-order valence-corrected chi connectivity index (χ4v) is 2.45. The van der Waals surface area contributed by atoms with Gasteiger partial charge in [-0.2, -0.15) is 15.0 Å². The van der Waals surface area contributed by atoms with E-state index >= 15 is 0 Å². The maximum Gasteiger partial charge on any atom is 0.231 e. The summed E-state index contributed by atoms with van der Waals surface area (Å²) >= 11 is 6.04. The Labute approximate surface area is 127 Å². The lowest BCUT2D eigenvalue weighted by molar-refractivity contribution is 0.417. The molecule has 5 nitrogen and oxygen atoms in total. The minimum absolute atomic E-state index is 0.0191. The van der Waals surface area contributed by atoms with Crippen molar-refractivity contribution in [1.29, 1.82) is 0 Å². The molecule has 1 aromatic rings. The van der Waals surface area contributed by atoms with Crippen LogP contribution < -0.4 is 10.2 Å². The van der Waals surface area contributed by atoms with Gasteiger partial charge < -0.3 is 10.2 Å². The van der Waals surface area contributed by atoms with Crippen LogP contribution in [0.1, 0.15) is 53.9 Å². The number of hydrogen-bond acceptors (Lipinski definition) is 5. The number of aromatic nitrogens is 3. The van der Waals surface area contributed by atoms with E-state index in [0.29, 0.717) is 11.9 Å². The van der Waals surface area contributed by atoms with Crippen LogP contribution in [-0.2, 0) is 0 Å². The average Bonchev–Trinajstić information content (AvgIpc) is 2.46. The van der Waals surface area contributed by atoms with E-state index in [9.17, 15) is 0 Å². The van der Waals surface area contributed by atoms with E-state index < -0.39 is 0 Å². The van der Waals surface area contributed by atoms with Gasteiger partial charge in [0, 0.05) is 18.6 Å². The van der Waals surface area contributed by atoms with Crippen LogP contribution in [0.15, 0.2) is 0 Å². The van der Waals surface area contributed by atoms with Crippen molar-refractivity contribution < 1.29 is 0 Å². The van der Waals surface area contributed by atoms with Gasteiger partial charge in [0.05, 0.1) is 0 Å². The largest absolute Gasteiger partial charge is 0.349 e. The second-order valence-corrected chi connectivity index (χ2v) is 5.20. The zero-order valence-electron chi connectivity index (χ0n) is 13.2. The zero-order valence-corrected chi connectivity index (χ0v) is 14.0. The maximum atomic E-state index is 6.04. The van der Waals surface area contributed by atoms with Gasteiger partial charge in [0.15, 0.2) is 0 Å². The summed E-state index contributed by atoms with van der Waals surface area (Å²) in [4.78, 5) is 15.0. The maximum absolute atomic E-state index is 6.04. The summed E-state index contributed by atoms with van der Waals surface area (Å²) in [5, 5.41) is 3.69. The van der Waals surface area contributed by atoms with Gasteiger partial charge in [0.2, 0.25) is 17.2 Å². The first-order valence-electron chi connectivity index (χ1n) is 7.48. The molecule has 0 spiro atoms. The molecule has 0 aliphatic carbocycles. The van der Waals surface area contributed by atoms with Gasteiger partial charge in [-0.05, 0) is 44.7 Å². The van der Waals surface area contributed by atoms with Crippen LogP contribution in [0.4, 0.5) is 11.9 Å². The van der Waals surface area contributed by atoms with E-state index in [-0.39, 0.29) is 10.8 Å². The molecule has 0 saturated heterocycles. The minimum Gasteiger partial charge on any atom is -0.349 e. The molecular weight excluding hydrogens is 274 g/mol. The van der Waals surface area contributed by atoms with Gasteiger partial charge in [-0.3, -0.25) is 0 Å². The summed E-state index contributed by atoms with van der Waals surface area (Å²) in [6.45, 7) is 12.4. The molecule has 114 valence electrons. The second-order valence-electron chi connectivity index (χ2n) is 4.87. The highest BCUT2D eigenvalue weighted by atomic mass is 35.5. The first-order valence-corrected chi connectivity index (χ1v) is 7.86. The Bertz CT molecular complexity index is 408. The lowest BCUT2D eigenvalue weighted by Crippen LogP contribution is -2.37. The van der Waals surface area contributed by atoms with Crippen LogP contribution in [-0.4, -0.2) is 33.6 Å². The monoisotopic (exact) mass is 299 g/mol. The molecular formula is C14H26ClN5. The zero-order chi connectivity index (χ0) is 15.2. The van der Waals surface area contributed by atoms with Crippen molar-refractivity contribution in [3.63, 3.8) is 0 Å². The van der Waals surface area contributed by atoms with Crippen LogP contribution in [0.3, 0.4) is 0 Å². The molecule has 20 heavy (non-hydrogen) atoms. The molecule has 0 unspecified atom stereocenters. The van der Waals surface area contributed by atoms with E-state index in [0.717, 1.165) is 32.4 Å². The summed E-state index contributed by atoms with van der Waals surface area (Å²) in [6, 6.07) is 0. The summed E-state index contributed by atoms with van der Waals surface area (Å²) in [5.74, 6) is 1.20. The molecule has 0 bridgehead atoms. The van der Waals surface area contributed by atoms with E-state index in [1.807, 2.05) is 0 Å². The van der Waals surface area contributed by atoms with Crippen molar-refractivity contribution >= 4 is 23.5 Å². The molecule has 0 saturated carbocycles. The molecule has 0 aliphatic rings. The molecule has 0 fully saturated rings. The Kier molecular flexibility index (Phi) is 6.46. The quantitative estimate of drug-likeness (QED) is 0.792. The molecule has 0 aromatic carbocycles. The van der Waals surface area contributed by atoms with Crippen LogP contribution in [0, 0.1) is 0 Å². The lowest BCUT2D eigenvalue weighted by atomic mass is 9.90. The summed E-state index contributed by atoms with van der Waals surface area (Å²) in [7, 11) is 0. The smallest absolute Gasteiger partial charge is 0.231 e. The number of halogens is 1. The third-order valence-corrected chi connectivity index (χ3v) is 4.22. The number of hydrogen-bond donors (Lipinski definition) is 1. The molecule has 6 heteroatoms. The van der Waals surface area contributed by atoms with Crippen molar-refractivity contribution in [2.75, 3.05) is 23.3 Å². The van der Waals surface area contributed by atoms with E-state index in [2.05, 4.69) is 59.8 Å². The average molecular weight is 300 g/mol. The summed E-state index contributed by atoms with van der Waals surface area (Å²) in [5.41, 5.74) is 0.0191. The molecule has 0 amide bonds. The van der Waals surface area contributed by atoms with E-state index in [1.54, 1.807) is 0 Å². The third kappa shape index (κ3) is 3.95. The van der Waals surface area contributed by atoms with Gasteiger partial charge in [0.1, 0.15) is 0 Å². The standard InChI is InChI=1S/C14H26ClN5/c1-6-14(7-2,8-3)19-12-16-11(15)17-13(18-12)20(9-4)10-5/h6-10H2,1-5H3,(H,16,17,18,19). The number of nitrogens with zero attached hydrogens (tertiary/aromatic N) is 4. The Morgan fingerprint density at radius 2 is 1.50 bits per heavy atom. The topological polar surface area (TPSA) is 53.9 Å². The Hall–Kier alpha value is -1.10. The number of rotatable bonds is 8. The third-order valence-electron chi connectivity index (χ3n) is 4.05. The van der Waals surface area contributed by atoms with Crippen molar-refractivity contribution in [1.82, 2.24) is 15.0 Å². The lowest BCUT2D eigenvalue weighted by Gasteiger charge is -2.32. The Balaban J connectivity index is 3.07. The Morgan fingerprint density at radius 3 is 1.95 bits per heavy atom. The fourth-order valence-electron chi connectivity index (χ4n) is 2.30. The van der Waals surface area contributed by atoms with E-state index in [1.165, 1.54) is 0 Å².